The highest BCUT2D eigenvalue weighted by Crippen LogP contribution is 2.74. The summed E-state index contributed by atoms with van der Waals surface area (Å²) < 4.78 is 0. The van der Waals surface area contributed by atoms with E-state index in [0.717, 1.165) is 41.3 Å². The van der Waals surface area contributed by atoms with E-state index < -0.39 is 0 Å². The lowest BCUT2D eigenvalue weighted by Gasteiger charge is -2.49. The van der Waals surface area contributed by atoms with Gasteiger partial charge in [-0.2, -0.15) is 0 Å². The second-order valence-corrected chi connectivity index (χ2v) is 12.9. The van der Waals surface area contributed by atoms with Gasteiger partial charge in [-0.25, -0.2) is 0 Å². The molecule has 0 spiro atoms. The normalized spacial score (nSPS) is 62.0. The minimum atomic E-state index is 0.420. The van der Waals surface area contributed by atoms with Gasteiger partial charge < -0.3 is 0 Å². The molecule has 0 aromatic rings. The first-order chi connectivity index (χ1) is 13.4. The average molecular weight is 383 g/mol. The Morgan fingerprint density at radius 3 is 1.46 bits per heavy atom. The minimum absolute atomic E-state index is 0.420. The smallest absolute Gasteiger partial charge is 0.140 e. The van der Waals surface area contributed by atoms with Crippen molar-refractivity contribution in [2.24, 2.45) is 70.0 Å². The Morgan fingerprint density at radius 2 is 1.04 bits per heavy atom. The highest BCUT2D eigenvalue weighted by Gasteiger charge is 2.70. The van der Waals surface area contributed by atoms with Gasteiger partial charge in [0.05, 0.1) is 0 Å². The number of hydrogen-bond donors (Lipinski definition) is 0. The van der Waals surface area contributed by atoms with Gasteiger partial charge in [-0.05, 0) is 110 Å². The minimum Gasteiger partial charge on any atom is -0.299 e. The molecule has 1 heteroatoms. The van der Waals surface area contributed by atoms with Crippen molar-refractivity contribution in [3.63, 3.8) is 0 Å². The molecule has 12 atom stereocenters. The van der Waals surface area contributed by atoms with Crippen LogP contribution in [0.25, 0.3) is 0 Å². The lowest BCUT2D eigenvalue weighted by atomic mass is 9.54. The predicted molar refractivity (Wildman–Crippen MR) is 114 cm³/mol. The van der Waals surface area contributed by atoms with Crippen molar-refractivity contribution in [2.75, 3.05) is 0 Å². The molecule has 28 heavy (non-hydrogen) atoms. The molecule has 6 rings (SSSR count). The molecule has 0 aromatic carbocycles. The fourth-order valence-corrected chi connectivity index (χ4v) is 11.2. The van der Waals surface area contributed by atoms with Gasteiger partial charge in [0.15, 0.2) is 0 Å². The van der Waals surface area contributed by atoms with Gasteiger partial charge in [0.25, 0.3) is 0 Å². The molecular formula is C27H42O. The number of carbonyl (C=O) groups excluding carboxylic acids is 1. The lowest BCUT2D eigenvalue weighted by Crippen LogP contribution is -2.48. The molecule has 6 aliphatic carbocycles. The van der Waals surface area contributed by atoms with Crippen molar-refractivity contribution in [2.45, 2.75) is 91.9 Å². The third-order valence-electron chi connectivity index (χ3n) is 12.2. The molecule has 0 aromatic heterocycles. The van der Waals surface area contributed by atoms with E-state index in [0.29, 0.717) is 34.5 Å². The van der Waals surface area contributed by atoms with Gasteiger partial charge in [-0.1, -0.05) is 40.5 Å². The molecule has 6 fully saturated rings. The van der Waals surface area contributed by atoms with E-state index in [9.17, 15) is 4.79 Å². The summed E-state index contributed by atoms with van der Waals surface area (Å²) in [4.78, 5) is 14.5. The Morgan fingerprint density at radius 1 is 0.643 bits per heavy atom. The largest absolute Gasteiger partial charge is 0.299 e. The zero-order valence-corrected chi connectivity index (χ0v) is 18.8. The van der Waals surface area contributed by atoms with Crippen LogP contribution in [0.4, 0.5) is 0 Å². The Labute approximate surface area is 172 Å². The molecule has 0 amide bonds. The van der Waals surface area contributed by atoms with Crippen LogP contribution in [0.2, 0.25) is 0 Å². The van der Waals surface area contributed by atoms with Crippen molar-refractivity contribution >= 4 is 5.78 Å². The molecule has 4 bridgehead atoms. The fraction of sp³-hybridized carbons (Fsp3) is 0.963. The number of hydrogen-bond acceptors (Lipinski definition) is 1. The van der Waals surface area contributed by atoms with Gasteiger partial charge in [-0.3, -0.25) is 4.79 Å². The predicted octanol–water partition coefficient (Wildman–Crippen LogP) is 6.75. The Balaban J connectivity index is 1.36. The van der Waals surface area contributed by atoms with Crippen LogP contribution in [-0.2, 0) is 4.79 Å². The third kappa shape index (κ3) is 2.03. The van der Waals surface area contributed by atoms with Crippen LogP contribution in [0.3, 0.4) is 0 Å². The SMILES string of the molecule is CC1CCC23CCC(C(C)C2C(=O)C2C(C)C4CCC25CCC(C)CC45)C3C1. The van der Waals surface area contributed by atoms with E-state index in [2.05, 4.69) is 27.7 Å². The molecule has 0 heterocycles. The van der Waals surface area contributed by atoms with Gasteiger partial charge in [0.2, 0.25) is 0 Å². The fourth-order valence-electron chi connectivity index (χ4n) is 11.2. The summed E-state index contributed by atoms with van der Waals surface area (Å²) in [5.74, 6) is 8.25. The summed E-state index contributed by atoms with van der Waals surface area (Å²) in [5, 5.41) is 0. The summed E-state index contributed by atoms with van der Waals surface area (Å²) in [5.41, 5.74) is 0.840. The first-order valence-electron chi connectivity index (χ1n) is 12.9. The molecule has 0 saturated heterocycles. The summed E-state index contributed by atoms with van der Waals surface area (Å²) in [7, 11) is 0. The van der Waals surface area contributed by atoms with Crippen LogP contribution >= 0.6 is 0 Å². The van der Waals surface area contributed by atoms with Gasteiger partial charge in [0, 0.05) is 11.8 Å². The zero-order valence-electron chi connectivity index (χ0n) is 18.8. The summed E-state index contributed by atoms with van der Waals surface area (Å²) in [6.45, 7) is 9.92. The monoisotopic (exact) mass is 382 g/mol. The van der Waals surface area contributed by atoms with E-state index in [1.165, 1.54) is 64.2 Å². The van der Waals surface area contributed by atoms with E-state index >= 15 is 0 Å². The third-order valence-corrected chi connectivity index (χ3v) is 12.2. The van der Waals surface area contributed by atoms with E-state index in [1.54, 1.807) is 0 Å². The Hall–Kier alpha value is -0.330. The highest BCUT2D eigenvalue weighted by atomic mass is 16.1. The lowest BCUT2D eigenvalue weighted by molar-refractivity contribution is -0.142. The van der Waals surface area contributed by atoms with Crippen LogP contribution in [-0.4, -0.2) is 5.78 Å². The number of ketones is 1. The maximum Gasteiger partial charge on any atom is 0.140 e. The maximum absolute atomic E-state index is 14.5. The molecule has 0 aliphatic heterocycles. The molecule has 6 aliphatic rings. The molecule has 0 radical (unpaired) electrons. The Bertz CT molecular complexity index is 626. The first-order valence-corrected chi connectivity index (χ1v) is 12.9. The summed E-state index contributed by atoms with van der Waals surface area (Å²) in [6.07, 6.45) is 14.0. The maximum atomic E-state index is 14.5. The Kier molecular flexibility index (Phi) is 3.87. The van der Waals surface area contributed by atoms with Crippen LogP contribution in [0.15, 0.2) is 0 Å². The van der Waals surface area contributed by atoms with Crippen LogP contribution in [0.5, 0.6) is 0 Å². The van der Waals surface area contributed by atoms with Crippen LogP contribution < -0.4 is 0 Å². The molecule has 12 unspecified atom stereocenters. The van der Waals surface area contributed by atoms with Gasteiger partial charge >= 0.3 is 0 Å². The second kappa shape index (κ2) is 5.88. The number of rotatable bonds is 2. The van der Waals surface area contributed by atoms with Crippen molar-refractivity contribution < 1.29 is 4.79 Å². The molecule has 1 nitrogen and oxygen atoms in total. The average Bonchev–Trinajstić information content (AvgIpc) is 3.33. The highest BCUT2D eigenvalue weighted by molar-refractivity contribution is 5.87. The van der Waals surface area contributed by atoms with Crippen molar-refractivity contribution in [3.05, 3.63) is 0 Å². The van der Waals surface area contributed by atoms with E-state index in [1.807, 2.05) is 0 Å². The van der Waals surface area contributed by atoms with Crippen molar-refractivity contribution in [1.29, 1.82) is 0 Å². The van der Waals surface area contributed by atoms with Crippen LogP contribution in [0.1, 0.15) is 91.9 Å². The van der Waals surface area contributed by atoms with Crippen molar-refractivity contribution in [3.8, 4) is 0 Å². The first kappa shape index (κ1) is 18.4. The molecule has 0 N–H and O–H groups in total. The molecular weight excluding hydrogens is 340 g/mol. The van der Waals surface area contributed by atoms with E-state index in [4.69, 9.17) is 0 Å². The topological polar surface area (TPSA) is 17.1 Å². The van der Waals surface area contributed by atoms with E-state index in [-0.39, 0.29) is 0 Å². The molecule has 6 saturated carbocycles. The summed E-state index contributed by atoms with van der Waals surface area (Å²) in [6, 6.07) is 0. The standard InChI is InChI=1S/C27H42O/c1-15-5-9-26-11-7-19(21(26)13-15)17(3)23(26)25(28)24-18(4)20-8-12-27(24)10-6-16(2)14-22(20)27/h15-24H,5-14H2,1-4H3. The van der Waals surface area contributed by atoms with Crippen molar-refractivity contribution in [1.82, 2.24) is 0 Å². The van der Waals surface area contributed by atoms with Gasteiger partial charge in [0.1, 0.15) is 5.78 Å². The van der Waals surface area contributed by atoms with Crippen LogP contribution in [0, 0.1) is 70.0 Å². The second-order valence-electron chi connectivity index (χ2n) is 12.9. The zero-order chi connectivity index (χ0) is 19.4. The quantitative estimate of drug-likeness (QED) is 0.516. The molecule has 156 valence electrons. The van der Waals surface area contributed by atoms with Gasteiger partial charge in [-0.15, -0.1) is 0 Å². The number of carbonyl (C=O) groups is 1. The number of Topliss-reactive ketones (excluding diaryl/α,β-unsaturated/α-hetero) is 1. The summed E-state index contributed by atoms with van der Waals surface area (Å²) >= 11 is 0.